The van der Waals surface area contributed by atoms with Gasteiger partial charge in [-0.3, -0.25) is 9.59 Å². The van der Waals surface area contributed by atoms with Crippen LogP contribution in [0.15, 0.2) is 24.3 Å². The van der Waals surface area contributed by atoms with Gasteiger partial charge in [-0.2, -0.15) is 0 Å². The Balaban J connectivity index is 1.54. The zero-order chi connectivity index (χ0) is 16.9. The predicted octanol–water partition coefficient (Wildman–Crippen LogP) is 2.49. The zero-order valence-electron chi connectivity index (χ0n) is 13.7. The van der Waals surface area contributed by atoms with Gasteiger partial charge >= 0.3 is 0 Å². The van der Waals surface area contributed by atoms with Crippen LogP contribution in [0.5, 0.6) is 0 Å². The maximum absolute atomic E-state index is 12.6. The summed E-state index contributed by atoms with van der Waals surface area (Å²) in [5.74, 6) is -0.154. The van der Waals surface area contributed by atoms with E-state index in [1.165, 1.54) is 0 Å². The largest absolute Gasteiger partial charge is 0.376 e. The molecule has 6 heteroatoms. The monoisotopic (exact) mass is 350 g/mol. The van der Waals surface area contributed by atoms with Crippen molar-refractivity contribution in [2.45, 2.75) is 31.8 Å². The Morgan fingerprint density at radius 2 is 2.00 bits per heavy atom. The van der Waals surface area contributed by atoms with Crippen LogP contribution in [0.1, 0.15) is 36.0 Å². The SMILES string of the molecule is O=C(NC[C@@H]1CCCO1)[C@@H]1CCCN(C(=O)c2ccc(Cl)cc2)C1. The summed E-state index contributed by atoms with van der Waals surface area (Å²) in [6.45, 7) is 2.52. The first-order valence-corrected chi connectivity index (χ1v) is 8.95. The first-order valence-electron chi connectivity index (χ1n) is 8.57. The first kappa shape index (κ1) is 17.2. The third-order valence-electron chi connectivity index (χ3n) is 4.70. The number of carbonyl (C=O) groups excluding carboxylic acids is 2. The number of hydrogen-bond donors (Lipinski definition) is 1. The van der Waals surface area contributed by atoms with E-state index >= 15 is 0 Å². The molecule has 0 aromatic heterocycles. The Labute approximate surface area is 147 Å². The normalized spacial score (nSPS) is 24.0. The van der Waals surface area contributed by atoms with Crippen LogP contribution < -0.4 is 5.32 Å². The van der Waals surface area contributed by atoms with Gasteiger partial charge < -0.3 is 15.0 Å². The molecule has 0 bridgehead atoms. The molecule has 0 spiro atoms. The average molecular weight is 351 g/mol. The highest BCUT2D eigenvalue weighted by molar-refractivity contribution is 6.30. The summed E-state index contributed by atoms with van der Waals surface area (Å²) in [6.07, 6.45) is 3.88. The molecular weight excluding hydrogens is 328 g/mol. The van der Waals surface area contributed by atoms with Gasteiger partial charge in [0.15, 0.2) is 0 Å². The van der Waals surface area contributed by atoms with E-state index in [-0.39, 0.29) is 23.8 Å². The zero-order valence-corrected chi connectivity index (χ0v) is 14.4. The van der Waals surface area contributed by atoms with Crippen molar-refractivity contribution >= 4 is 23.4 Å². The van der Waals surface area contributed by atoms with Crippen molar-refractivity contribution in [1.29, 1.82) is 0 Å². The summed E-state index contributed by atoms with van der Waals surface area (Å²) in [5.41, 5.74) is 0.611. The lowest BCUT2D eigenvalue weighted by molar-refractivity contribution is -0.126. The predicted molar refractivity (Wildman–Crippen MR) is 92.1 cm³/mol. The fourth-order valence-electron chi connectivity index (χ4n) is 3.31. The molecule has 24 heavy (non-hydrogen) atoms. The van der Waals surface area contributed by atoms with Crippen molar-refractivity contribution in [2.24, 2.45) is 5.92 Å². The highest BCUT2D eigenvalue weighted by Crippen LogP contribution is 2.20. The fraction of sp³-hybridized carbons (Fsp3) is 0.556. The molecule has 2 aliphatic rings. The molecule has 1 aromatic carbocycles. The number of halogens is 1. The van der Waals surface area contributed by atoms with Crippen LogP contribution in [0, 0.1) is 5.92 Å². The highest BCUT2D eigenvalue weighted by Gasteiger charge is 2.29. The number of nitrogens with one attached hydrogen (secondary N) is 1. The van der Waals surface area contributed by atoms with Gasteiger partial charge in [0.05, 0.1) is 12.0 Å². The number of ether oxygens (including phenoxy) is 1. The van der Waals surface area contributed by atoms with E-state index in [4.69, 9.17) is 16.3 Å². The van der Waals surface area contributed by atoms with E-state index < -0.39 is 0 Å². The Hall–Kier alpha value is -1.59. The Morgan fingerprint density at radius 3 is 2.71 bits per heavy atom. The number of hydrogen-bond acceptors (Lipinski definition) is 3. The number of benzene rings is 1. The maximum Gasteiger partial charge on any atom is 0.253 e. The van der Waals surface area contributed by atoms with Crippen LogP contribution >= 0.6 is 11.6 Å². The first-order chi connectivity index (χ1) is 11.6. The van der Waals surface area contributed by atoms with Crippen LogP contribution in [0.25, 0.3) is 0 Å². The lowest BCUT2D eigenvalue weighted by atomic mass is 9.96. The van der Waals surface area contributed by atoms with E-state index in [0.717, 1.165) is 32.3 Å². The minimum Gasteiger partial charge on any atom is -0.376 e. The van der Waals surface area contributed by atoms with Crippen molar-refractivity contribution in [3.63, 3.8) is 0 Å². The molecule has 0 radical (unpaired) electrons. The second-order valence-corrected chi connectivity index (χ2v) is 6.91. The van der Waals surface area contributed by atoms with Crippen LogP contribution in [0.2, 0.25) is 5.02 Å². The maximum atomic E-state index is 12.6. The van der Waals surface area contributed by atoms with Crippen molar-refractivity contribution in [3.8, 4) is 0 Å². The lowest BCUT2D eigenvalue weighted by Gasteiger charge is -2.32. The molecule has 5 nitrogen and oxygen atoms in total. The summed E-state index contributed by atoms with van der Waals surface area (Å²) in [7, 11) is 0. The van der Waals surface area contributed by atoms with Crippen molar-refractivity contribution < 1.29 is 14.3 Å². The molecule has 2 amide bonds. The minimum absolute atomic E-state index is 0.0270. The molecule has 0 saturated carbocycles. The summed E-state index contributed by atoms with van der Waals surface area (Å²) in [5, 5.41) is 3.59. The van der Waals surface area contributed by atoms with Gasteiger partial charge in [0.2, 0.25) is 5.91 Å². The third-order valence-corrected chi connectivity index (χ3v) is 4.95. The third kappa shape index (κ3) is 4.28. The molecule has 2 heterocycles. The van der Waals surface area contributed by atoms with Gasteiger partial charge in [0.1, 0.15) is 0 Å². The van der Waals surface area contributed by atoms with Gasteiger partial charge in [-0.05, 0) is 49.9 Å². The molecule has 0 unspecified atom stereocenters. The molecule has 0 aliphatic carbocycles. The second kappa shape index (κ2) is 7.99. The summed E-state index contributed by atoms with van der Waals surface area (Å²) >= 11 is 5.87. The summed E-state index contributed by atoms with van der Waals surface area (Å²) in [4.78, 5) is 26.7. The Kier molecular flexibility index (Phi) is 5.74. The number of amides is 2. The van der Waals surface area contributed by atoms with Crippen LogP contribution in [0.4, 0.5) is 0 Å². The van der Waals surface area contributed by atoms with Crippen molar-refractivity contribution in [3.05, 3.63) is 34.9 Å². The second-order valence-electron chi connectivity index (χ2n) is 6.48. The highest BCUT2D eigenvalue weighted by atomic mass is 35.5. The number of nitrogens with zero attached hydrogens (tertiary/aromatic N) is 1. The van der Waals surface area contributed by atoms with Crippen LogP contribution in [-0.4, -0.2) is 49.1 Å². The number of likely N-dealkylation sites (tertiary alicyclic amines) is 1. The summed E-state index contributed by atoms with van der Waals surface area (Å²) in [6, 6.07) is 6.88. The van der Waals surface area contributed by atoms with Crippen molar-refractivity contribution in [1.82, 2.24) is 10.2 Å². The molecule has 3 rings (SSSR count). The van der Waals surface area contributed by atoms with Crippen LogP contribution in [-0.2, 0) is 9.53 Å². The molecule has 1 aromatic rings. The van der Waals surface area contributed by atoms with Gasteiger partial charge in [-0.15, -0.1) is 0 Å². The van der Waals surface area contributed by atoms with Gasteiger partial charge in [0.25, 0.3) is 5.91 Å². The van der Waals surface area contributed by atoms with E-state index in [1.807, 2.05) is 0 Å². The molecule has 2 atom stereocenters. The van der Waals surface area contributed by atoms with Crippen molar-refractivity contribution in [2.75, 3.05) is 26.2 Å². The van der Waals surface area contributed by atoms with E-state index in [9.17, 15) is 9.59 Å². The van der Waals surface area contributed by atoms with E-state index in [1.54, 1.807) is 29.2 Å². The smallest absolute Gasteiger partial charge is 0.253 e. The summed E-state index contributed by atoms with van der Waals surface area (Å²) < 4.78 is 5.53. The van der Waals surface area contributed by atoms with Gasteiger partial charge in [0, 0.05) is 36.8 Å². The number of rotatable bonds is 4. The average Bonchev–Trinajstić information content (AvgIpc) is 3.13. The number of carbonyl (C=O) groups is 2. The minimum atomic E-state index is -0.142. The fourth-order valence-corrected chi connectivity index (χ4v) is 3.44. The van der Waals surface area contributed by atoms with E-state index in [0.29, 0.717) is 30.2 Å². The molecule has 2 saturated heterocycles. The molecule has 2 aliphatic heterocycles. The topological polar surface area (TPSA) is 58.6 Å². The lowest BCUT2D eigenvalue weighted by Crippen LogP contribution is -2.46. The molecule has 1 N–H and O–H groups in total. The van der Waals surface area contributed by atoms with Crippen LogP contribution in [0.3, 0.4) is 0 Å². The van der Waals surface area contributed by atoms with Gasteiger partial charge in [-0.1, -0.05) is 11.6 Å². The Morgan fingerprint density at radius 1 is 1.21 bits per heavy atom. The van der Waals surface area contributed by atoms with Gasteiger partial charge in [-0.25, -0.2) is 0 Å². The standard InChI is InChI=1S/C18H23ClN2O3/c19-15-7-5-13(6-8-15)18(23)21-9-1-3-14(12-21)17(22)20-11-16-4-2-10-24-16/h5-8,14,16H,1-4,9-12H2,(H,20,22)/t14-,16+/m1/s1. The number of piperidine rings is 1. The van der Waals surface area contributed by atoms with E-state index in [2.05, 4.69) is 5.32 Å². The Bertz CT molecular complexity index is 584. The molecule has 2 fully saturated rings. The quantitative estimate of drug-likeness (QED) is 0.907. The molecule has 130 valence electrons. The molecular formula is C18H23ClN2O3.